The third-order valence-electron chi connectivity index (χ3n) is 3.59. The number of hydrogen-bond acceptors (Lipinski definition) is 10. The SMILES string of the molecule is CC(=O)Nc1nc(C)c(S(=O)(=O)n2nc(Nc3ccc(CC#N)cc3)nc2N)s1. The quantitative estimate of drug-likeness (QED) is 0.524. The zero-order valence-electron chi connectivity index (χ0n) is 15.4. The highest BCUT2D eigenvalue weighted by Crippen LogP contribution is 2.30. The summed E-state index contributed by atoms with van der Waals surface area (Å²) in [6.45, 7) is 2.80. The highest BCUT2D eigenvalue weighted by Gasteiger charge is 2.28. The van der Waals surface area contributed by atoms with Crippen LogP contribution in [0.5, 0.6) is 0 Å². The number of aryl methyl sites for hydroxylation is 1. The predicted octanol–water partition coefficient (Wildman–Crippen LogP) is 1.63. The summed E-state index contributed by atoms with van der Waals surface area (Å²) in [6.07, 6.45) is 0.285. The number of aromatic nitrogens is 4. The van der Waals surface area contributed by atoms with E-state index in [0.717, 1.165) is 16.9 Å². The Morgan fingerprint density at radius 2 is 2.00 bits per heavy atom. The smallest absolute Gasteiger partial charge is 0.297 e. The fourth-order valence-electron chi connectivity index (χ4n) is 2.37. The van der Waals surface area contributed by atoms with Crippen LogP contribution in [0.4, 0.5) is 22.7 Å². The van der Waals surface area contributed by atoms with Gasteiger partial charge in [0.1, 0.15) is 0 Å². The number of nitrogens with one attached hydrogen (secondary N) is 2. The van der Waals surface area contributed by atoms with E-state index in [9.17, 15) is 13.2 Å². The van der Waals surface area contributed by atoms with E-state index in [1.165, 1.54) is 13.8 Å². The van der Waals surface area contributed by atoms with E-state index in [0.29, 0.717) is 9.77 Å². The lowest BCUT2D eigenvalue weighted by Crippen LogP contribution is -2.17. The van der Waals surface area contributed by atoms with Crippen molar-refractivity contribution in [2.75, 3.05) is 16.4 Å². The lowest BCUT2D eigenvalue weighted by Gasteiger charge is -2.03. The van der Waals surface area contributed by atoms with E-state index < -0.39 is 10.0 Å². The number of carbonyl (C=O) groups excluding carboxylic acids is 1. The minimum atomic E-state index is -4.15. The van der Waals surface area contributed by atoms with Crippen molar-refractivity contribution in [2.45, 2.75) is 24.5 Å². The molecule has 150 valence electrons. The number of rotatable bonds is 6. The first-order valence-electron chi connectivity index (χ1n) is 8.16. The maximum Gasteiger partial charge on any atom is 0.297 e. The number of amides is 1. The molecule has 0 fully saturated rings. The Labute approximate surface area is 170 Å². The van der Waals surface area contributed by atoms with Crippen molar-refractivity contribution in [1.29, 1.82) is 5.26 Å². The van der Waals surface area contributed by atoms with Gasteiger partial charge in [-0.1, -0.05) is 23.5 Å². The van der Waals surface area contributed by atoms with Gasteiger partial charge >= 0.3 is 0 Å². The van der Waals surface area contributed by atoms with Crippen LogP contribution in [-0.4, -0.2) is 33.5 Å². The topological polar surface area (TPSA) is 169 Å². The summed E-state index contributed by atoms with van der Waals surface area (Å²) in [5.74, 6) is -0.707. The summed E-state index contributed by atoms with van der Waals surface area (Å²) >= 11 is 0.796. The van der Waals surface area contributed by atoms with Gasteiger partial charge in [-0.3, -0.25) is 4.79 Å². The summed E-state index contributed by atoms with van der Waals surface area (Å²) in [4.78, 5) is 19.2. The molecule has 0 atom stereocenters. The van der Waals surface area contributed by atoms with Crippen LogP contribution >= 0.6 is 11.3 Å². The number of nitrogens with zero attached hydrogens (tertiary/aromatic N) is 5. The molecule has 0 saturated heterocycles. The summed E-state index contributed by atoms with van der Waals surface area (Å²) in [6, 6.07) is 8.99. The van der Waals surface area contributed by atoms with E-state index in [-0.39, 0.29) is 39.3 Å². The molecular weight excluding hydrogens is 416 g/mol. The molecule has 1 aromatic carbocycles. The van der Waals surface area contributed by atoms with Crippen LogP contribution in [0, 0.1) is 18.3 Å². The third kappa shape index (κ3) is 4.33. The number of hydrogen-bond donors (Lipinski definition) is 3. The minimum Gasteiger partial charge on any atom is -0.367 e. The number of anilines is 4. The molecule has 2 heterocycles. The van der Waals surface area contributed by atoms with Crippen molar-refractivity contribution in [3.8, 4) is 6.07 Å². The molecule has 2 aromatic heterocycles. The molecule has 13 heteroatoms. The Hall–Kier alpha value is -3.50. The highest BCUT2D eigenvalue weighted by molar-refractivity contribution is 7.92. The van der Waals surface area contributed by atoms with Gasteiger partial charge in [0.15, 0.2) is 9.34 Å². The average Bonchev–Trinajstić information content (AvgIpc) is 3.19. The van der Waals surface area contributed by atoms with Gasteiger partial charge in [-0.25, -0.2) is 4.98 Å². The molecule has 0 radical (unpaired) electrons. The Balaban J connectivity index is 1.88. The zero-order chi connectivity index (χ0) is 21.2. The van der Waals surface area contributed by atoms with E-state index in [4.69, 9.17) is 11.0 Å². The molecule has 0 aliphatic heterocycles. The van der Waals surface area contributed by atoms with Crippen LogP contribution in [0.1, 0.15) is 18.2 Å². The fraction of sp³-hybridized carbons (Fsp3) is 0.188. The van der Waals surface area contributed by atoms with E-state index in [1.807, 2.05) is 0 Å². The summed E-state index contributed by atoms with van der Waals surface area (Å²) < 4.78 is 26.4. The Bertz CT molecular complexity index is 1210. The van der Waals surface area contributed by atoms with Crippen LogP contribution in [0.25, 0.3) is 0 Å². The summed E-state index contributed by atoms with van der Waals surface area (Å²) in [5.41, 5.74) is 7.42. The van der Waals surface area contributed by atoms with Crippen molar-refractivity contribution in [1.82, 2.24) is 19.2 Å². The lowest BCUT2D eigenvalue weighted by atomic mass is 10.1. The Kier molecular flexibility index (Phi) is 5.48. The van der Waals surface area contributed by atoms with Crippen molar-refractivity contribution in [3.05, 3.63) is 35.5 Å². The largest absolute Gasteiger partial charge is 0.367 e. The molecular formula is C16H16N8O3S2. The molecule has 29 heavy (non-hydrogen) atoms. The molecule has 4 N–H and O–H groups in total. The van der Waals surface area contributed by atoms with Gasteiger partial charge in [0.2, 0.25) is 17.8 Å². The second-order valence-corrected chi connectivity index (χ2v) is 8.83. The Morgan fingerprint density at radius 3 is 2.62 bits per heavy atom. The summed E-state index contributed by atoms with van der Waals surface area (Å²) in [5, 5.41) is 18.1. The van der Waals surface area contributed by atoms with Gasteiger partial charge in [0.05, 0.1) is 18.2 Å². The second-order valence-electron chi connectivity index (χ2n) is 5.87. The first-order valence-corrected chi connectivity index (χ1v) is 10.4. The van der Waals surface area contributed by atoms with Gasteiger partial charge < -0.3 is 16.4 Å². The standard InChI is InChI=1S/C16H16N8O3S2/c1-9-13(28-16(19-9)20-10(2)25)29(26,27)24-14(18)22-15(23-24)21-12-5-3-11(4-6-12)7-8-17/h3-6H,7H2,1-2H3,(H,19,20,25)(H3,18,21,22,23). The van der Waals surface area contributed by atoms with Crippen LogP contribution in [-0.2, 0) is 21.2 Å². The van der Waals surface area contributed by atoms with Crippen LogP contribution < -0.4 is 16.4 Å². The van der Waals surface area contributed by atoms with Gasteiger partial charge in [0.25, 0.3) is 10.0 Å². The molecule has 0 spiro atoms. The number of nitrogens with two attached hydrogens (primary N) is 1. The Morgan fingerprint density at radius 1 is 1.31 bits per heavy atom. The van der Waals surface area contributed by atoms with Crippen molar-refractivity contribution in [2.24, 2.45) is 0 Å². The van der Waals surface area contributed by atoms with Gasteiger partial charge in [-0.15, -0.1) is 9.19 Å². The van der Waals surface area contributed by atoms with Crippen LogP contribution in [0.2, 0.25) is 0 Å². The number of carbonyl (C=O) groups is 1. The first kappa shape index (κ1) is 20.2. The van der Waals surface area contributed by atoms with E-state index in [1.54, 1.807) is 24.3 Å². The van der Waals surface area contributed by atoms with Crippen LogP contribution in [0.15, 0.2) is 28.5 Å². The van der Waals surface area contributed by atoms with Gasteiger partial charge in [-0.2, -0.15) is 18.7 Å². The lowest BCUT2D eigenvalue weighted by molar-refractivity contribution is -0.114. The highest BCUT2D eigenvalue weighted by atomic mass is 32.2. The molecule has 1 amide bonds. The first-order chi connectivity index (χ1) is 13.7. The summed E-state index contributed by atoms with van der Waals surface area (Å²) in [7, 11) is -4.15. The molecule has 3 aromatic rings. The van der Waals surface area contributed by atoms with Crippen LogP contribution in [0.3, 0.4) is 0 Å². The number of nitrogen functional groups attached to an aromatic ring is 1. The maximum absolute atomic E-state index is 12.9. The molecule has 0 aliphatic rings. The zero-order valence-corrected chi connectivity index (χ0v) is 17.0. The minimum absolute atomic E-state index is 0.0108. The van der Waals surface area contributed by atoms with Gasteiger partial charge in [0, 0.05) is 12.6 Å². The molecule has 0 aliphatic carbocycles. The molecule has 0 bridgehead atoms. The number of benzene rings is 1. The number of nitriles is 1. The monoisotopic (exact) mass is 432 g/mol. The molecule has 0 unspecified atom stereocenters. The maximum atomic E-state index is 12.9. The predicted molar refractivity (Wildman–Crippen MR) is 107 cm³/mol. The second kappa shape index (κ2) is 7.86. The van der Waals surface area contributed by atoms with Crippen molar-refractivity contribution < 1.29 is 13.2 Å². The van der Waals surface area contributed by atoms with Gasteiger partial charge in [-0.05, 0) is 24.6 Å². The van der Waals surface area contributed by atoms with Crippen molar-refractivity contribution >= 4 is 50.0 Å². The molecule has 11 nitrogen and oxygen atoms in total. The number of thiazole rings is 1. The normalized spacial score (nSPS) is 11.1. The van der Waals surface area contributed by atoms with Crippen molar-refractivity contribution in [3.63, 3.8) is 0 Å². The fourth-order valence-corrected chi connectivity index (χ4v) is 5.04. The molecule has 0 saturated carbocycles. The average molecular weight is 432 g/mol. The third-order valence-corrected chi connectivity index (χ3v) is 6.83. The molecule has 3 rings (SSSR count). The van der Waals surface area contributed by atoms with E-state index in [2.05, 4.69) is 31.8 Å². The van der Waals surface area contributed by atoms with E-state index >= 15 is 0 Å².